The highest BCUT2D eigenvalue weighted by Crippen LogP contribution is 2.33. The predicted molar refractivity (Wildman–Crippen MR) is 99.8 cm³/mol. The second-order valence-corrected chi connectivity index (χ2v) is 6.88. The van der Waals surface area contributed by atoms with Gasteiger partial charge in [0, 0.05) is 13.2 Å². The maximum atomic E-state index is 12.9. The Morgan fingerprint density at radius 2 is 2.04 bits per heavy atom. The van der Waals surface area contributed by atoms with Crippen molar-refractivity contribution < 1.29 is 4.79 Å². The SMILES string of the molecule is C[C@H](NC(=O)N(C)[C@@H]1CCCc2ccccc21)c1nnc2ccccn12. The second-order valence-electron chi connectivity index (χ2n) is 6.88. The van der Waals surface area contributed by atoms with Gasteiger partial charge in [0.05, 0.1) is 12.1 Å². The van der Waals surface area contributed by atoms with Gasteiger partial charge in [-0.1, -0.05) is 30.3 Å². The van der Waals surface area contributed by atoms with Gasteiger partial charge in [0.1, 0.15) is 0 Å². The van der Waals surface area contributed by atoms with Gasteiger partial charge in [-0.3, -0.25) is 4.40 Å². The molecule has 1 aromatic carbocycles. The number of hydrogen-bond acceptors (Lipinski definition) is 3. The number of aryl methyl sites for hydroxylation is 1. The summed E-state index contributed by atoms with van der Waals surface area (Å²) in [6.45, 7) is 1.93. The van der Waals surface area contributed by atoms with Crippen molar-refractivity contribution in [3.63, 3.8) is 0 Å². The Hall–Kier alpha value is -2.89. The van der Waals surface area contributed by atoms with Crippen LogP contribution in [0.4, 0.5) is 4.79 Å². The lowest BCUT2D eigenvalue weighted by molar-refractivity contribution is 0.180. The molecule has 1 N–H and O–H groups in total. The van der Waals surface area contributed by atoms with Crippen molar-refractivity contribution in [3.05, 3.63) is 65.6 Å². The van der Waals surface area contributed by atoms with Crippen LogP contribution < -0.4 is 5.32 Å². The van der Waals surface area contributed by atoms with Gasteiger partial charge in [0.15, 0.2) is 11.5 Å². The first kappa shape index (κ1) is 16.6. The van der Waals surface area contributed by atoms with E-state index in [1.165, 1.54) is 11.1 Å². The Balaban J connectivity index is 1.51. The molecule has 6 nitrogen and oxygen atoms in total. The first-order valence-electron chi connectivity index (χ1n) is 9.06. The third-order valence-corrected chi connectivity index (χ3v) is 5.19. The molecule has 3 aromatic rings. The van der Waals surface area contributed by atoms with Gasteiger partial charge in [-0.15, -0.1) is 10.2 Å². The van der Waals surface area contributed by atoms with Crippen LogP contribution in [0.1, 0.15) is 48.8 Å². The molecule has 6 heteroatoms. The average Bonchev–Trinajstić information content (AvgIpc) is 3.11. The van der Waals surface area contributed by atoms with Crippen LogP contribution in [-0.4, -0.2) is 32.6 Å². The van der Waals surface area contributed by atoms with Crippen LogP contribution >= 0.6 is 0 Å². The molecule has 26 heavy (non-hydrogen) atoms. The molecule has 0 bridgehead atoms. The summed E-state index contributed by atoms with van der Waals surface area (Å²) in [6, 6.07) is 14.0. The summed E-state index contributed by atoms with van der Waals surface area (Å²) < 4.78 is 1.90. The molecule has 0 saturated heterocycles. The van der Waals surface area contributed by atoms with E-state index in [9.17, 15) is 4.79 Å². The molecule has 2 aromatic heterocycles. The summed E-state index contributed by atoms with van der Waals surface area (Å²) in [7, 11) is 1.87. The Bertz CT molecular complexity index is 935. The second kappa shape index (κ2) is 6.78. The first-order chi connectivity index (χ1) is 12.6. The van der Waals surface area contributed by atoms with Gasteiger partial charge in [-0.25, -0.2) is 4.79 Å². The minimum absolute atomic E-state index is 0.0908. The van der Waals surface area contributed by atoms with Gasteiger partial charge >= 0.3 is 6.03 Å². The van der Waals surface area contributed by atoms with E-state index in [1.54, 1.807) is 0 Å². The summed E-state index contributed by atoms with van der Waals surface area (Å²) in [5.41, 5.74) is 3.38. The fourth-order valence-electron chi connectivity index (χ4n) is 3.78. The minimum atomic E-state index is -0.235. The van der Waals surface area contributed by atoms with Gasteiger partial charge in [0.25, 0.3) is 0 Å². The van der Waals surface area contributed by atoms with E-state index in [-0.39, 0.29) is 18.1 Å². The van der Waals surface area contributed by atoms with Crippen LogP contribution in [0.3, 0.4) is 0 Å². The van der Waals surface area contributed by atoms with E-state index in [0.29, 0.717) is 0 Å². The molecule has 0 spiro atoms. The summed E-state index contributed by atoms with van der Waals surface area (Å²) in [5, 5.41) is 11.5. The number of hydrogen-bond donors (Lipinski definition) is 1. The molecular weight excluding hydrogens is 326 g/mol. The standard InChI is InChI=1S/C20H23N5O/c1-14(19-23-22-18-12-5-6-13-25(18)19)21-20(26)24(2)17-11-7-9-15-8-3-4-10-16(15)17/h3-6,8,10,12-14,17H,7,9,11H2,1-2H3,(H,21,26)/t14-,17+/m0/s1. The highest BCUT2D eigenvalue weighted by Gasteiger charge is 2.27. The van der Waals surface area contributed by atoms with Crippen molar-refractivity contribution in [2.24, 2.45) is 0 Å². The van der Waals surface area contributed by atoms with Crippen molar-refractivity contribution in [2.75, 3.05) is 7.05 Å². The zero-order valence-electron chi connectivity index (χ0n) is 15.1. The van der Waals surface area contributed by atoms with Crippen LogP contribution in [0.25, 0.3) is 5.65 Å². The Labute approximate surface area is 152 Å². The molecular formula is C20H23N5O. The monoisotopic (exact) mass is 349 g/mol. The van der Waals surface area contributed by atoms with Gasteiger partial charge in [0.2, 0.25) is 0 Å². The van der Waals surface area contributed by atoms with E-state index in [2.05, 4.69) is 33.7 Å². The topological polar surface area (TPSA) is 62.5 Å². The molecule has 134 valence electrons. The van der Waals surface area contributed by atoms with E-state index >= 15 is 0 Å². The molecule has 2 heterocycles. The molecule has 0 radical (unpaired) electrons. The van der Waals surface area contributed by atoms with Crippen LogP contribution in [0, 0.1) is 0 Å². The molecule has 0 fully saturated rings. The Kier molecular flexibility index (Phi) is 4.32. The van der Waals surface area contributed by atoms with Crippen molar-refractivity contribution >= 4 is 11.7 Å². The lowest BCUT2D eigenvalue weighted by Gasteiger charge is -2.33. The quantitative estimate of drug-likeness (QED) is 0.787. The van der Waals surface area contributed by atoms with Crippen LogP contribution in [-0.2, 0) is 6.42 Å². The van der Waals surface area contributed by atoms with Crippen LogP contribution in [0.2, 0.25) is 0 Å². The maximum Gasteiger partial charge on any atom is 0.318 e. The van der Waals surface area contributed by atoms with E-state index in [0.717, 1.165) is 30.7 Å². The largest absolute Gasteiger partial charge is 0.328 e. The molecule has 2 atom stereocenters. The number of rotatable bonds is 3. The zero-order valence-corrected chi connectivity index (χ0v) is 15.1. The van der Waals surface area contributed by atoms with Gasteiger partial charge in [-0.05, 0) is 49.4 Å². The third kappa shape index (κ3) is 2.92. The smallest absolute Gasteiger partial charge is 0.318 e. The number of aromatic nitrogens is 3. The van der Waals surface area contributed by atoms with Crippen molar-refractivity contribution in [3.8, 4) is 0 Å². The fourth-order valence-corrected chi connectivity index (χ4v) is 3.78. The maximum absolute atomic E-state index is 12.9. The summed E-state index contributed by atoms with van der Waals surface area (Å²) >= 11 is 0. The van der Waals surface area contributed by atoms with Crippen molar-refractivity contribution in [1.29, 1.82) is 0 Å². The number of amides is 2. The number of pyridine rings is 1. The summed E-state index contributed by atoms with van der Waals surface area (Å²) in [4.78, 5) is 14.7. The molecule has 0 aliphatic heterocycles. The number of fused-ring (bicyclic) bond motifs is 2. The number of nitrogens with zero attached hydrogens (tertiary/aromatic N) is 4. The van der Waals surface area contributed by atoms with Gasteiger partial charge < -0.3 is 10.2 Å². The predicted octanol–water partition coefficient (Wildman–Crippen LogP) is 3.51. The summed E-state index contributed by atoms with van der Waals surface area (Å²) in [6.07, 6.45) is 5.09. The minimum Gasteiger partial charge on any atom is -0.328 e. The lowest BCUT2D eigenvalue weighted by atomic mass is 9.87. The molecule has 4 rings (SSSR count). The summed E-state index contributed by atoms with van der Waals surface area (Å²) in [5.74, 6) is 0.728. The Morgan fingerprint density at radius 3 is 2.92 bits per heavy atom. The normalized spacial score (nSPS) is 17.5. The molecule has 2 amide bonds. The van der Waals surface area contributed by atoms with Crippen molar-refractivity contribution in [1.82, 2.24) is 24.8 Å². The van der Waals surface area contributed by atoms with Gasteiger partial charge in [-0.2, -0.15) is 0 Å². The first-order valence-corrected chi connectivity index (χ1v) is 9.06. The van der Waals surface area contributed by atoms with E-state index in [4.69, 9.17) is 0 Å². The van der Waals surface area contributed by atoms with Crippen LogP contribution in [0.15, 0.2) is 48.7 Å². The number of carbonyl (C=O) groups excluding carboxylic acids is 1. The van der Waals surface area contributed by atoms with E-state index < -0.39 is 0 Å². The molecule has 0 saturated carbocycles. The Morgan fingerprint density at radius 1 is 1.23 bits per heavy atom. The highest BCUT2D eigenvalue weighted by atomic mass is 16.2. The molecule has 1 aliphatic rings. The molecule has 1 aliphatic carbocycles. The number of carbonyl (C=O) groups is 1. The lowest BCUT2D eigenvalue weighted by Crippen LogP contribution is -2.42. The zero-order chi connectivity index (χ0) is 18.1. The van der Waals surface area contributed by atoms with E-state index in [1.807, 2.05) is 53.7 Å². The fraction of sp³-hybridized carbons (Fsp3) is 0.350. The third-order valence-electron chi connectivity index (χ3n) is 5.19. The molecule has 0 unspecified atom stereocenters. The average molecular weight is 349 g/mol. The van der Waals surface area contributed by atoms with Crippen LogP contribution in [0.5, 0.6) is 0 Å². The van der Waals surface area contributed by atoms with Crippen molar-refractivity contribution in [2.45, 2.75) is 38.3 Å². The number of nitrogens with one attached hydrogen (secondary N) is 1. The number of urea groups is 1. The highest BCUT2D eigenvalue weighted by molar-refractivity contribution is 5.75. The number of benzene rings is 1.